The monoisotopic (exact) mass is 578 g/mol. The van der Waals surface area contributed by atoms with Crippen LogP contribution in [0.4, 0.5) is 96.6 Å². The van der Waals surface area contributed by atoms with Gasteiger partial charge in [-0.3, -0.25) is 0 Å². The SMILES string of the molecule is FC(=C(F)C(F)(F)C(F)(F)C(F)(F)F)C(F)(F)OC(F)(F)C(F)=C(F)C(F)(F)C(F)(F)C(F)(F)F. The van der Waals surface area contributed by atoms with Crippen LogP contribution in [0, 0.1) is 0 Å². The Morgan fingerprint density at radius 3 is 0.714 bits per heavy atom. The number of ether oxygens (including phenoxy) is 1. The summed E-state index contributed by atoms with van der Waals surface area (Å²) in [4.78, 5) is 0. The van der Waals surface area contributed by atoms with Crippen LogP contribution in [0.3, 0.4) is 0 Å². The van der Waals surface area contributed by atoms with Gasteiger partial charge in [0.05, 0.1) is 0 Å². The van der Waals surface area contributed by atoms with Gasteiger partial charge in [-0.1, -0.05) is 0 Å². The lowest BCUT2D eigenvalue weighted by atomic mass is 10.1. The Hall–Kier alpha value is -2.10. The lowest BCUT2D eigenvalue weighted by Gasteiger charge is -2.29. The van der Waals surface area contributed by atoms with E-state index in [1.165, 1.54) is 4.74 Å². The van der Waals surface area contributed by atoms with Crippen molar-refractivity contribution in [3.05, 3.63) is 23.3 Å². The molecule has 0 spiro atoms. The van der Waals surface area contributed by atoms with E-state index in [1.807, 2.05) is 0 Å². The molecule has 208 valence electrons. The first-order valence-corrected chi connectivity index (χ1v) is 7.07. The summed E-state index contributed by atoms with van der Waals surface area (Å²) in [5.41, 5.74) is 0. The molecule has 0 fully saturated rings. The molecule has 0 aromatic rings. The van der Waals surface area contributed by atoms with Gasteiger partial charge < -0.3 is 0 Å². The normalized spacial score (nSPS) is 17.3. The van der Waals surface area contributed by atoms with E-state index in [2.05, 4.69) is 0 Å². The molecule has 35 heavy (non-hydrogen) atoms. The molecule has 23 heteroatoms. The van der Waals surface area contributed by atoms with E-state index in [0.717, 1.165) is 0 Å². The topological polar surface area (TPSA) is 9.23 Å². The minimum atomic E-state index is -7.78. The fraction of sp³-hybridized carbons (Fsp3) is 0.667. The van der Waals surface area contributed by atoms with Gasteiger partial charge in [0, 0.05) is 0 Å². The summed E-state index contributed by atoms with van der Waals surface area (Å²) in [6, 6.07) is 0. The quantitative estimate of drug-likeness (QED) is 0.265. The van der Waals surface area contributed by atoms with Crippen LogP contribution in [0.5, 0.6) is 0 Å². The highest BCUT2D eigenvalue weighted by atomic mass is 19.4. The summed E-state index contributed by atoms with van der Waals surface area (Å²) >= 11 is 0. The lowest BCUT2D eigenvalue weighted by molar-refractivity contribution is -0.365. The molecular weight excluding hydrogens is 578 g/mol. The number of halogens is 22. The smallest absolute Gasteiger partial charge is 0.243 e. The first-order chi connectivity index (χ1) is 14.8. The van der Waals surface area contributed by atoms with Crippen molar-refractivity contribution in [2.45, 2.75) is 48.3 Å². The van der Waals surface area contributed by atoms with Crippen molar-refractivity contribution in [1.29, 1.82) is 0 Å². The highest BCUT2D eigenvalue weighted by Crippen LogP contribution is 2.54. The van der Waals surface area contributed by atoms with E-state index >= 15 is 0 Å². The van der Waals surface area contributed by atoms with Crippen molar-refractivity contribution in [3.63, 3.8) is 0 Å². The number of alkyl halides is 18. The van der Waals surface area contributed by atoms with Gasteiger partial charge in [0.2, 0.25) is 23.3 Å². The van der Waals surface area contributed by atoms with Gasteiger partial charge in [0.1, 0.15) is 0 Å². The van der Waals surface area contributed by atoms with Crippen LogP contribution in [-0.2, 0) is 4.74 Å². The molecule has 0 N–H and O–H groups in total. The van der Waals surface area contributed by atoms with Crippen LogP contribution in [0.1, 0.15) is 0 Å². The minimum Gasteiger partial charge on any atom is -0.243 e. The molecule has 0 saturated heterocycles. The number of hydrogen-bond acceptors (Lipinski definition) is 1. The summed E-state index contributed by atoms with van der Waals surface area (Å²) in [5, 5.41) is 0. The molecule has 0 atom stereocenters. The van der Waals surface area contributed by atoms with Crippen LogP contribution in [0.2, 0.25) is 0 Å². The molecule has 0 aromatic heterocycles. The third kappa shape index (κ3) is 5.52. The van der Waals surface area contributed by atoms with Crippen molar-refractivity contribution >= 4 is 0 Å². The van der Waals surface area contributed by atoms with Crippen LogP contribution >= 0.6 is 0 Å². The van der Waals surface area contributed by atoms with Crippen molar-refractivity contribution in [1.82, 2.24) is 0 Å². The summed E-state index contributed by atoms with van der Waals surface area (Å²) in [6.07, 6.45) is -29.9. The van der Waals surface area contributed by atoms with E-state index in [-0.39, 0.29) is 0 Å². The molecule has 0 aliphatic rings. The van der Waals surface area contributed by atoms with Crippen LogP contribution < -0.4 is 0 Å². The number of rotatable bonds is 8. The second kappa shape index (κ2) is 8.78. The van der Waals surface area contributed by atoms with Gasteiger partial charge in [-0.2, -0.15) is 87.8 Å². The third-order valence-electron chi connectivity index (χ3n) is 3.20. The summed E-state index contributed by atoms with van der Waals surface area (Å²) < 4.78 is 278. The standard InChI is InChI=1S/C12F22O/c13-1(5(17,18)9(25,26)11(29,30)31)3(15)7(21,22)35-8(23,24)4(16)2(14)6(19,20)10(27,28)12(32,33)34. The predicted octanol–water partition coefficient (Wildman–Crippen LogP) is 8.16. The predicted molar refractivity (Wildman–Crippen MR) is 61.4 cm³/mol. The maximum atomic E-state index is 13.1. The highest BCUT2D eigenvalue weighted by molar-refractivity contribution is 5.21. The average molecular weight is 578 g/mol. The van der Waals surface area contributed by atoms with E-state index in [0.29, 0.717) is 0 Å². The van der Waals surface area contributed by atoms with E-state index < -0.39 is 71.6 Å². The molecule has 0 bridgehead atoms. The average Bonchev–Trinajstić information content (AvgIpc) is 2.62. The summed E-state index contributed by atoms with van der Waals surface area (Å²) in [5.74, 6) is -51.8. The van der Waals surface area contributed by atoms with Gasteiger partial charge >= 0.3 is 48.3 Å². The Balaban J connectivity index is 6.58. The van der Waals surface area contributed by atoms with Crippen molar-refractivity contribution < 1.29 is 101 Å². The van der Waals surface area contributed by atoms with Crippen molar-refractivity contribution in [2.75, 3.05) is 0 Å². The minimum absolute atomic E-state index is 1.45. The summed E-state index contributed by atoms with van der Waals surface area (Å²) in [7, 11) is 0. The second-order valence-electron chi connectivity index (χ2n) is 5.68. The molecule has 0 aliphatic heterocycles. The highest BCUT2D eigenvalue weighted by Gasteiger charge is 2.78. The van der Waals surface area contributed by atoms with Crippen LogP contribution in [-0.4, -0.2) is 48.3 Å². The molecule has 0 aromatic carbocycles. The molecule has 0 unspecified atom stereocenters. The zero-order valence-corrected chi connectivity index (χ0v) is 14.7. The molecule has 0 amide bonds. The Kier molecular flexibility index (Phi) is 8.25. The molecule has 0 rings (SSSR count). The fourth-order valence-electron chi connectivity index (χ4n) is 1.41. The van der Waals surface area contributed by atoms with Crippen molar-refractivity contribution in [2.24, 2.45) is 0 Å². The third-order valence-corrected chi connectivity index (χ3v) is 3.20. The Bertz CT molecular complexity index is 783. The first-order valence-electron chi connectivity index (χ1n) is 7.07. The van der Waals surface area contributed by atoms with Gasteiger partial charge in [-0.15, -0.1) is 0 Å². The second-order valence-corrected chi connectivity index (χ2v) is 5.68. The molecule has 0 saturated carbocycles. The Morgan fingerprint density at radius 2 is 0.543 bits per heavy atom. The van der Waals surface area contributed by atoms with Crippen LogP contribution in [0.25, 0.3) is 0 Å². The molecule has 1 nitrogen and oxygen atoms in total. The molecular formula is C12F22O. The fourth-order valence-corrected chi connectivity index (χ4v) is 1.41. The maximum Gasteiger partial charge on any atom is 0.460 e. The van der Waals surface area contributed by atoms with Gasteiger partial charge in [0.15, 0.2) is 0 Å². The number of hydrogen-bond donors (Lipinski definition) is 0. The van der Waals surface area contributed by atoms with E-state index in [1.54, 1.807) is 0 Å². The Morgan fingerprint density at radius 1 is 0.343 bits per heavy atom. The van der Waals surface area contributed by atoms with Crippen LogP contribution in [0.15, 0.2) is 23.3 Å². The maximum absolute atomic E-state index is 13.1. The Labute approximate surface area is 174 Å². The zero-order chi connectivity index (χ0) is 29.0. The summed E-state index contributed by atoms with van der Waals surface area (Å²) in [6.45, 7) is 0. The lowest BCUT2D eigenvalue weighted by Crippen LogP contribution is -2.53. The van der Waals surface area contributed by atoms with Gasteiger partial charge in [-0.25, -0.2) is 13.5 Å². The van der Waals surface area contributed by atoms with E-state index in [4.69, 9.17) is 0 Å². The largest absolute Gasteiger partial charge is 0.460 e. The molecule has 0 aliphatic carbocycles. The zero-order valence-electron chi connectivity index (χ0n) is 14.7. The first kappa shape index (κ1) is 32.9. The molecule has 0 heterocycles. The van der Waals surface area contributed by atoms with Gasteiger partial charge in [0.25, 0.3) is 0 Å². The molecule has 0 radical (unpaired) electrons. The van der Waals surface area contributed by atoms with Crippen molar-refractivity contribution in [3.8, 4) is 0 Å². The number of allylic oxidation sites excluding steroid dienone is 2. The van der Waals surface area contributed by atoms with E-state index in [9.17, 15) is 96.6 Å². The van der Waals surface area contributed by atoms with Gasteiger partial charge in [-0.05, 0) is 0 Å².